The first-order valence-corrected chi connectivity index (χ1v) is 9.02. The minimum atomic E-state index is -0.574. The molecule has 0 spiro atoms. The number of carbonyl (C=O) groups is 2. The molecule has 0 aliphatic rings. The number of ether oxygens (including phenoxy) is 1. The van der Waals surface area contributed by atoms with Gasteiger partial charge in [0.05, 0.1) is 6.04 Å². The standard InChI is InChI=1S/C20H17FN2O3S/c21-15-7-3-13(4-8-15)19(17-2-1-11-27-17)23-20(25)14-5-9-16(10-6-14)26-12-18(22)24/h1-11,19H,12H2,(H2,22,24)(H,23,25)/t19-/m1/s1. The number of benzene rings is 2. The maximum atomic E-state index is 13.2. The number of carbonyl (C=O) groups excluding carboxylic acids is 2. The van der Waals surface area contributed by atoms with E-state index in [0.29, 0.717) is 11.3 Å². The Morgan fingerprint density at radius 3 is 2.37 bits per heavy atom. The van der Waals surface area contributed by atoms with Crippen LogP contribution in [0.4, 0.5) is 4.39 Å². The molecule has 138 valence electrons. The van der Waals surface area contributed by atoms with E-state index in [1.165, 1.54) is 23.5 Å². The summed E-state index contributed by atoms with van der Waals surface area (Å²) in [5, 5.41) is 4.89. The van der Waals surface area contributed by atoms with Gasteiger partial charge in [-0.05, 0) is 53.4 Å². The lowest BCUT2D eigenvalue weighted by atomic mass is 10.0. The normalized spacial score (nSPS) is 11.6. The van der Waals surface area contributed by atoms with E-state index in [2.05, 4.69) is 5.32 Å². The van der Waals surface area contributed by atoms with Gasteiger partial charge in [0, 0.05) is 10.4 Å². The molecule has 0 aliphatic carbocycles. The Bertz CT molecular complexity index is 909. The number of rotatable bonds is 7. The Balaban J connectivity index is 1.76. The summed E-state index contributed by atoms with van der Waals surface area (Å²) < 4.78 is 18.4. The Hall–Kier alpha value is -3.19. The van der Waals surface area contributed by atoms with Gasteiger partial charge >= 0.3 is 0 Å². The zero-order chi connectivity index (χ0) is 19.2. The third-order valence-electron chi connectivity index (χ3n) is 3.80. The number of hydrogen-bond donors (Lipinski definition) is 2. The van der Waals surface area contributed by atoms with Crippen molar-refractivity contribution in [1.82, 2.24) is 5.32 Å². The summed E-state index contributed by atoms with van der Waals surface area (Å²) in [6.45, 7) is -0.226. The molecule has 1 heterocycles. The molecule has 2 aromatic carbocycles. The molecule has 0 saturated heterocycles. The summed E-state index contributed by atoms with van der Waals surface area (Å²) in [6.07, 6.45) is 0. The number of thiophene rings is 1. The van der Waals surface area contributed by atoms with Crippen molar-refractivity contribution in [3.05, 3.63) is 87.9 Å². The molecule has 7 heteroatoms. The van der Waals surface area contributed by atoms with E-state index in [-0.39, 0.29) is 24.4 Å². The maximum absolute atomic E-state index is 13.2. The van der Waals surface area contributed by atoms with Crippen LogP contribution in [0, 0.1) is 5.82 Å². The third kappa shape index (κ3) is 4.92. The van der Waals surface area contributed by atoms with Crippen molar-refractivity contribution in [3.63, 3.8) is 0 Å². The van der Waals surface area contributed by atoms with Gasteiger partial charge in [-0.2, -0.15) is 0 Å². The fourth-order valence-corrected chi connectivity index (χ4v) is 3.30. The fourth-order valence-electron chi connectivity index (χ4n) is 2.50. The van der Waals surface area contributed by atoms with Crippen molar-refractivity contribution in [2.75, 3.05) is 6.61 Å². The van der Waals surface area contributed by atoms with Crippen LogP contribution in [-0.4, -0.2) is 18.4 Å². The predicted octanol–water partition coefficient (Wildman–Crippen LogP) is 3.27. The van der Waals surface area contributed by atoms with E-state index in [0.717, 1.165) is 10.4 Å². The van der Waals surface area contributed by atoms with Gasteiger partial charge in [-0.3, -0.25) is 9.59 Å². The number of amides is 2. The molecule has 2 amide bonds. The Morgan fingerprint density at radius 2 is 1.78 bits per heavy atom. The topological polar surface area (TPSA) is 81.4 Å². The van der Waals surface area contributed by atoms with Crippen LogP contribution >= 0.6 is 11.3 Å². The second-order valence-corrected chi connectivity index (χ2v) is 6.73. The van der Waals surface area contributed by atoms with E-state index in [1.807, 2.05) is 17.5 Å². The SMILES string of the molecule is NC(=O)COc1ccc(C(=O)N[C@H](c2ccc(F)cc2)c2cccs2)cc1. The number of primary amides is 1. The van der Waals surface area contributed by atoms with Crippen LogP contribution in [-0.2, 0) is 4.79 Å². The van der Waals surface area contributed by atoms with Gasteiger partial charge in [0.25, 0.3) is 11.8 Å². The van der Waals surface area contributed by atoms with Crippen LogP contribution < -0.4 is 15.8 Å². The zero-order valence-corrected chi connectivity index (χ0v) is 15.0. The molecule has 1 aromatic heterocycles. The molecule has 1 atom stereocenters. The smallest absolute Gasteiger partial charge is 0.255 e. The highest BCUT2D eigenvalue weighted by atomic mass is 32.1. The second kappa shape index (κ2) is 8.46. The molecule has 3 N–H and O–H groups in total. The second-order valence-electron chi connectivity index (χ2n) is 5.75. The van der Waals surface area contributed by atoms with Crippen molar-refractivity contribution >= 4 is 23.2 Å². The molecule has 0 fully saturated rings. The molecule has 27 heavy (non-hydrogen) atoms. The molecule has 3 rings (SSSR count). The van der Waals surface area contributed by atoms with E-state index in [4.69, 9.17) is 10.5 Å². The lowest BCUT2D eigenvalue weighted by Gasteiger charge is -2.18. The molecule has 0 saturated carbocycles. The quantitative estimate of drug-likeness (QED) is 0.656. The lowest BCUT2D eigenvalue weighted by Crippen LogP contribution is -2.28. The zero-order valence-electron chi connectivity index (χ0n) is 14.2. The minimum Gasteiger partial charge on any atom is -0.484 e. The highest BCUT2D eigenvalue weighted by molar-refractivity contribution is 7.10. The van der Waals surface area contributed by atoms with Crippen LogP contribution in [0.5, 0.6) is 5.75 Å². The van der Waals surface area contributed by atoms with E-state index < -0.39 is 5.91 Å². The van der Waals surface area contributed by atoms with Crippen molar-refractivity contribution in [2.45, 2.75) is 6.04 Å². The van der Waals surface area contributed by atoms with Crippen LogP contribution in [0.3, 0.4) is 0 Å². The van der Waals surface area contributed by atoms with Crippen molar-refractivity contribution in [2.24, 2.45) is 5.73 Å². The number of halogens is 1. The van der Waals surface area contributed by atoms with Crippen molar-refractivity contribution in [1.29, 1.82) is 0 Å². The van der Waals surface area contributed by atoms with Crippen LogP contribution in [0.2, 0.25) is 0 Å². The van der Waals surface area contributed by atoms with Crippen LogP contribution in [0.1, 0.15) is 26.8 Å². The Morgan fingerprint density at radius 1 is 1.07 bits per heavy atom. The average molecular weight is 384 g/mol. The number of hydrogen-bond acceptors (Lipinski definition) is 4. The van der Waals surface area contributed by atoms with Gasteiger partial charge in [-0.15, -0.1) is 11.3 Å². The van der Waals surface area contributed by atoms with Gasteiger partial charge in [0.15, 0.2) is 6.61 Å². The Kier molecular flexibility index (Phi) is 5.83. The summed E-state index contributed by atoms with van der Waals surface area (Å²) in [7, 11) is 0. The van der Waals surface area contributed by atoms with Gasteiger partial charge in [0.1, 0.15) is 11.6 Å². The molecule has 0 aliphatic heterocycles. The largest absolute Gasteiger partial charge is 0.484 e. The van der Waals surface area contributed by atoms with E-state index >= 15 is 0 Å². The first-order chi connectivity index (χ1) is 13.0. The average Bonchev–Trinajstić information content (AvgIpc) is 3.20. The lowest BCUT2D eigenvalue weighted by molar-refractivity contribution is -0.119. The maximum Gasteiger partial charge on any atom is 0.255 e. The van der Waals surface area contributed by atoms with E-state index in [1.54, 1.807) is 36.4 Å². The highest BCUT2D eigenvalue weighted by Crippen LogP contribution is 2.27. The van der Waals surface area contributed by atoms with Gasteiger partial charge in [0.2, 0.25) is 0 Å². The first-order valence-electron chi connectivity index (χ1n) is 8.14. The summed E-state index contributed by atoms with van der Waals surface area (Å²) in [4.78, 5) is 24.4. The van der Waals surface area contributed by atoms with Crippen molar-refractivity contribution < 1.29 is 18.7 Å². The molecule has 5 nitrogen and oxygen atoms in total. The predicted molar refractivity (Wildman–Crippen MR) is 101 cm³/mol. The van der Waals surface area contributed by atoms with Gasteiger partial charge < -0.3 is 15.8 Å². The Labute approximate surface area is 159 Å². The summed E-state index contributed by atoms with van der Waals surface area (Å²) in [5.74, 6) is -0.741. The molecule has 0 radical (unpaired) electrons. The molecule has 0 bridgehead atoms. The first kappa shape index (κ1) is 18.6. The van der Waals surface area contributed by atoms with Gasteiger partial charge in [-0.1, -0.05) is 18.2 Å². The molecular formula is C20H17FN2O3S. The molecular weight excluding hydrogens is 367 g/mol. The highest BCUT2D eigenvalue weighted by Gasteiger charge is 2.19. The summed E-state index contributed by atoms with van der Waals surface area (Å²) in [6, 6.07) is 15.9. The van der Waals surface area contributed by atoms with Crippen LogP contribution in [0.15, 0.2) is 66.0 Å². The molecule has 3 aromatic rings. The monoisotopic (exact) mass is 384 g/mol. The van der Waals surface area contributed by atoms with E-state index in [9.17, 15) is 14.0 Å². The molecule has 0 unspecified atom stereocenters. The van der Waals surface area contributed by atoms with Crippen molar-refractivity contribution in [3.8, 4) is 5.75 Å². The third-order valence-corrected chi connectivity index (χ3v) is 4.74. The minimum absolute atomic E-state index is 0.226. The summed E-state index contributed by atoms with van der Waals surface area (Å²) in [5.41, 5.74) is 6.25. The number of nitrogens with one attached hydrogen (secondary N) is 1. The number of nitrogens with two attached hydrogens (primary N) is 1. The fraction of sp³-hybridized carbons (Fsp3) is 0.100. The van der Waals surface area contributed by atoms with Crippen LogP contribution in [0.25, 0.3) is 0 Å². The summed E-state index contributed by atoms with van der Waals surface area (Å²) >= 11 is 1.51. The van der Waals surface area contributed by atoms with Gasteiger partial charge in [-0.25, -0.2) is 4.39 Å².